The fourth-order valence-electron chi connectivity index (χ4n) is 2.49. The van der Waals surface area contributed by atoms with Crippen molar-refractivity contribution in [1.82, 2.24) is 5.09 Å². The molecule has 0 aliphatic rings. The number of rotatable bonds is 6. The maximum atomic E-state index is 13.8. The minimum absolute atomic E-state index is 0.136. The molecular formula is C22H32NO4P. The quantitative estimate of drug-likeness (QED) is 0.488. The van der Waals surface area contributed by atoms with Crippen LogP contribution in [0.15, 0.2) is 42.5 Å². The molecule has 0 saturated carbocycles. The number of hydrogen-bond acceptors (Lipinski definition) is 4. The Bertz CT molecular complexity index is 875. The second kappa shape index (κ2) is 8.26. The Morgan fingerprint density at radius 2 is 1.64 bits per heavy atom. The first-order valence-corrected chi connectivity index (χ1v) is 11.2. The van der Waals surface area contributed by atoms with Crippen LogP contribution in [0.4, 0.5) is 0 Å². The molecule has 1 unspecified atom stereocenters. The Morgan fingerprint density at radius 1 is 1.04 bits per heavy atom. The molecule has 0 heterocycles. The zero-order valence-corrected chi connectivity index (χ0v) is 18.8. The van der Waals surface area contributed by atoms with Crippen molar-refractivity contribution in [3.05, 3.63) is 42.5 Å². The molecule has 154 valence electrons. The van der Waals surface area contributed by atoms with Gasteiger partial charge in [-0.05, 0) is 44.6 Å². The number of ether oxygens (including phenoxy) is 1. The van der Waals surface area contributed by atoms with E-state index in [4.69, 9.17) is 9.26 Å². The molecule has 0 spiro atoms. The molecule has 0 saturated heterocycles. The summed E-state index contributed by atoms with van der Waals surface area (Å²) in [5.74, 6) is 0.0834. The van der Waals surface area contributed by atoms with Gasteiger partial charge >= 0.3 is 13.5 Å². The second-order valence-corrected chi connectivity index (χ2v) is 12.2. The number of benzene rings is 2. The fraction of sp³-hybridized carbons (Fsp3) is 0.500. The normalized spacial score (nSPS) is 15.7. The van der Waals surface area contributed by atoms with E-state index < -0.39 is 24.7 Å². The molecule has 0 fully saturated rings. The minimum Gasteiger partial charge on any atom is -0.464 e. The van der Waals surface area contributed by atoms with Crippen LogP contribution in [0, 0.1) is 5.41 Å². The molecule has 0 amide bonds. The maximum Gasteiger partial charge on any atom is 0.323 e. The molecule has 2 rings (SSSR count). The van der Waals surface area contributed by atoms with Crippen LogP contribution in [-0.4, -0.2) is 23.8 Å². The van der Waals surface area contributed by atoms with Crippen LogP contribution in [0.2, 0.25) is 0 Å². The van der Waals surface area contributed by atoms with Crippen molar-refractivity contribution >= 4 is 24.3 Å². The van der Waals surface area contributed by atoms with Gasteiger partial charge in [-0.3, -0.25) is 9.36 Å². The van der Waals surface area contributed by atoms with Crippen LogP contribution in [0.1, 0.15) is 48.5 Å². The lowest BCUT2D eigenvalue weighted by atomic mass is 9.99. The number of carbonyl (C=O) groups excluding carboxylic acids is 1. The topological polar surface area (TPSA) is 64.6 Å². The minimum atomic E-state index is -3.45. The third kappa shape index (κ3) is 5.59. The second-order valence-electron chi connectivity index (χ2n) is 9.31. The average molecular weight is 405 g/mol. The number of carbonyl (C=O) groups is 1. The SMILES string of the molecule is C[C@H](NP(=O)(Oc1cccc2ccccc12)C(C)(C)C)C(=O)OCC(C)(C)C. The summed E-state index contributed by atoms with van der Waals surface area (Å²) < 4.78 is 25.3. The lowest BCUT2D eigenvalue weighted by Gasteiger charge is -2.33. The van der Waals surface area contributed by atoms with Crippen LogP contribution in [-0.2, 0) is 14.1 Å². The third-order valence-electron chi connectivity index (χ3n) is 4.22. The van der Waals surface area contributed by atoms with E-state index >= 15 is 0 Å². The molecule has 2 atom stereocenters. The van der Waals surface area contributed by atoms with E-state index in [1.807, 2.05) is 77.9 Å². The van der Waals surface area contributed by atoms with Gasteiger partial charge < -0.3 is 9.26 Å². The van der Waals surface area contributed by atoms with Crippen molar-refractivity contribution < 1.29 is 18.6 Å². The molecule has 2 aromatic rings. The summed E-state index contributed by atoms with van der Waals surface area (Å²) in [5.41, 5.74) is -0.136. The summed E-state index contributed by atoms with van der Waals surface area (Å²) in [4.78, 5) is 12.4. The van der Waals surface area contributed by atoms with Gasteiger partial charge in [-0.25, -0.2) is 5.09 Å². The first-order valence-electron chi connectivity index (χ1n) is 9.54. The van der Waals surface area contributed by atoms with E-state index in [-0.39, 0.29) is 5.41 Å². The zero-order valence-electron chi connectivity index (χ0n) is 17.9. The van der Waals surface area contributed by atoms with Crippen molar-refractivity contribution in [3.63, 3.8) is 0 Å². The summed E-state index contributed by atoms with van der Waals surface area (Å²) in [6, 6.07) is 12.6. The third-order valence-corrected chi connectivity index (χ3v) is 7.17. The number of nitrogens with one attached hydrogen (secondary N) is 1. The standard InChI is InChI=1S/C22H32NO4P/c1-16(20(24)26-15-21(2,3)4)23-28(25,22(5,6)7)27-19-14-10-12-17-11-8-9-13-18(17)19/h8-14,16H,15H2,1-7H3,(H,23,25)/t16-,28?/m0/s1. The molecule has 28 heavy (non-hydrogen) atoms. The largest absolute Gasteiger partial charge is 0.464 e. The molecule has 0 radical (unpaired) electrons. The predicted molar refractivity (Wildman–Crippen MR) is 115 cm³/mol. The summed E-state index contributed by atoms with van der Waals surface area (Å²) >= 11 is 0. The smallest absolute Gasteiger partial charge is 0.323 e. The zero-order chi connectivity index (χ0) is 21.2. The van der Waals surface area contributed by atoms with Crippen LogP contribution in [0.25, 0.3) is 10.8 Å². The van der Waals surface area contributed by atoms with E-state index in [9.17, 15) is 9.36 Å². The molecule has 0 bridgehead atoms. The highest BCUT2D eigenvalue weighted by atomic mass is 31.2. The Balaban J connectivity index is 2.27. The van der Waals surface area contributed by atoms with Crippen LogP contribution in [0.3, 0.4) is 0 Å². The lowest BCUT2D eigenvalue weighted by molar-refractivity contribution is -0.148. The van der Waals surface area contributed by atoms with Crippen molar-refractivity contribution in [1.29, 1.82) is 0 Å². The van der Waals surface area contributed by atoms with Crippen molar-refractivity contribution in [3.8, 4) is 5.75 Å². The maximum absolute atomic E-state index is 13.8. The molecule has 5 nitrogen and oxygen atoms in total. The Hall–Kier alpha value is -1.84. The summed E-state index contributed by atoms with van der Waals surface area (Å²) in [7, 11) is -3.45. The first kappa shape index (κ1) is 22.4. The van der Waals surface area contributed by atoms with E-state index in [1.54, 1.807) is 13.0 Å². The van der Waals surface area contributed by atoms with Crippen LogP contribution >= 0.6 is 7.52 Å². The predicted octanol–water partition coefficient (Wildman–Crippen LogP) is 5.78. The van der Waals surface area contributed by atoms with E-state index in [0.29, 0.717) is 12.4 Å². The highest BCUT2D eigenvalue weighted by molar-refractivity contribution is 7.59. The fourth-order valence-corrected chi connectivity index (χ4v) is 4.26. The molecular weight excluding hydrogens is 373 g/mol. The highest BCUT2D eigenvalue weighted by Crippen LogP contribution is 2.56. The first-order chi connectivity index (χ1) is 12.8. The Labute approximate surface area is 168 Å². The van der Waals surface area contributed by atoms with Gasteiger partial charge in [0.25, 0.3) is 0 Å². The van der Waals surface area contributed by atoms with Crippen LogP contribution in [0.5, 0.6) is 5.75 Å². The number of fused-ring (bicyclic) bond motifs is 1. The molecule has 0 aliphatic carbocycles. The summed E-state index contributed by atoms with van der Waals surface area (Å²) in [6.45, 7) is 13.4. The van der Waals surface area contributed by atoms with E-state index in [2.05, 4.69) is 5.09 Å². The summed E-state index contributed by atoms with van der Waals surface area (Å²) in [5, 5.41) is 4.09. The Morgan fingerprint density at radius 3 is 2.25 bits per heavy atom. The van der Waals surface area contributed by atoms with Gasteiger partial charge in [0.15, 0.2) is 0 Å². The van der Waals surface area contributed by atoms with Crippen molar-refractivity contribution in [2.45, 2.75) is 59.7 Å². The monoisotopic (exact) mass is 405 g/mol. The van der Waals surface area contributed by atoms with Gasteiger partial charge in [-0.2, -0.15) is 0 Å². The Kier molecular flexibility index (Phi) is 6.62. The van der Waals surface area contributed by atoms with E-state index in [1.165, 1.54) is 0 Å². The van der Waals surface area contributed by atoms with Gasteiger partial charge in [-0.1, -0.05) is 57.2 Å². The number of esters is 1. The highest BCUT2D eigenvalue weighted by Gasteiger charge is 2.42. The molecule has 0 aliphatic heterocycles. The van der Waals surface area contributed by atoms with Crippen molar-refractivity contribution in [2.24, 2.45) is 5.41 Å². The summed E-state index contributed by atoms with van der Waals surface area (Å²) in [6.07, 6.45) is 0. The molecule has 2 aromatic carbocycles. The van der Waals surface area contributed by atoms with Crippen molar-refractivity contribution in [2.75, 3.05) is 6.61 Å². The molecule has 1 N–H and O–H groups in total. The van der Waals surface area contributed by atoms with Gasteiger partial charge in [0.2, 0.25) is 0 Å². The van der Waals surface area contributed by atoms with Gasteiger partial charge in [0.1, 0.15) is 11.8 Å². The molecule has 6 heteroatoms. The van der Waals surface area contributed by atoms with Gasteiger partial charge in [-0.15, -0.1) is 0 Å². The number of hydrogen-bond donors (Lipinski definition) is 1. The average Bonchev–Trinajstić information content (AvgIpc) is 2.58. The van der Waals surface area contributed by atoms with Crippen LogP contribution < -0.4 is 9.61 Å². The van der Waals surface area contributed by atoms with Gasteiger partial charge in [0, 0.05) is 5.39 Å². The lowest BCUT2D eigenvalue weighted by Crippen LogP contribution is -2.40. The molecule has 0 aromatic heterocycles. The van der Waals surface area contributed by atoms with E-state index in [0.717, 1.165) is 10.8 Å². The van der Waals surface area contributed by atoms with Gasteiger partial charge in [0.05, 0.1) is 11.8 Å².